The van der Waals surface area contributed by atoms with E-state index in [0.29, 0.717) is 17.5 Å². The van der Waals surface area contributed by atoms with E-state index < -0.39 is 11.9 Å². The monoisotopic (exact) mass is 383 g/mol. The van der Waals surface area contributed by atoms with Gasteiger partial charge in [0.15, 0.2) is 0 Å². The van der Waals surface area contributed by atoms with Gasteiger partial charge in [-0.2, -0.15) is 13.2 Å². The summed E-state index contributed by atoms with van der Waals surface area (Å²) in [4.78, 5) is 16.4. The minimum Gasteiger partial charge on any atom is -0.397 e. The molecule has 3 N–H and O–H groups in total. The first-order chi connectivity index (χ1) is 12.3. The van der Waals surface area contributed by atoms with Crippen molar-refractivity contribution < 1.29 is 18.0 Å². The minimum atomic E-state index is -4.53. The van der Waals surface area contributed by atoms with Gasteiger partial charge in [-0.15, -0.1) is 11.3 Å². The van der Waals surface area contributed by atoms with Crippen LogP contribution in [0.5, 0.6) is 0 Å². The summed E-state index contributed by atoms with van der Waals surface area (Å²) in [5, 5.41) is 3.23. The van der Waals surface area contributed by atoms with Crippen molar-refractivity contribution in [1.29, 1.82) is 0 Å². The molecular formula is C18H20F3N3OS. The van der Waals surface area contributed by atoms with Gasteiger partial charge in [0.1, 0.15) is 15.4 Å². The Morgan fingerprint density at radius 3 is 2.81 bits per heavy atom. The number of hydrogen-bond acceptors (Lipinski definition) is 4. The standard InChI is InChI=1S/C18H20F3N3OS/c1-10-9-12(18(19,20)21)24-17-13(10)14(22)15(26-17)16(25)23-8-7-11-5-3-2-4-6-11/h5,9H,2-4,6-8,22H2,1H3,(H,23,25). The summed E-state index contributed by atoms with van der Waals surface area (Å²) >= 11 is 0.900. The fourth-order valence-electron chi connectivity index (χ4n) is 3.17. The number of nitrogens with one attached hydrogen (secondary N) is 1. The summed E-state index contributed by atoms with van der Waals surface area (Å²) in [6.07, 6.45) is 2.99. The Morgan fingerprint density at radius 2 is 2.15 bits per heavy atom. The van der Waals surface area contributed by atoms with Crippen LogP contribution in [-0.2, 0) is 6.18 Å². The van der Waals surface area contributed by atoms with Gasteiger partial charge in [-0.3, -0.25) is 4.79 Å². The molecule has 2 heterocycles. The number of anilines is 1. The quantitative estimate of drug-likeness (QED) is 0.744. The topological polar surface area (TPSA) is 68.0 Å². The van der Waals surface area contributed by atoms with E-state index in [2.05, 4.69) is 16.4 Å². The summed E-state index contributed by atoms with van der Waals surface area (Å²) in [6.45, 7) is 2.03. The molecule has 3 rings (SSSR count). The van der Waals surface area contributed by atoms with E-state index >= 15 is 0 Å². The van der Waals surface area contributed by atoms with E-state index in [4.69, 9.17) is 5.73 Å². The predicted molar refractivity (Wildman–Crippen MR) is 97.3 cm³/mol. The molecule has 1 amide bonds. The van der Waals surface area contributed by atoms with Gasteiger partial charge < -0.3 is 11.1 Å². The van der Waals surface area contributed by atoms with E-state index in [9.17, 15) is 18.0 Å². The third-order valence-electron chi connectivity index (χ3n) is 4.51. The molecule has 0 fully saturated rings. The fraction of sp³-hybridized carbons (Fsp3) is 0.444. The molecule has 0 radical (unpaired) electrons. The largest absolute Gasteiger partial charge is 0.433 e. The highest BCUT2D eigenvalue weighted by Crippen LogP contribution is 2.38. The summed E-state index contributed by atoms with van der Waals surface area (Å²) in [5.41, 5.74) is 6.96. The van der Waals surface area contributed by atoms with Crippen molar-refractivity contribution in [2.24, 2.45) is 0 Å². The fourth-order valence-corrected chi connectivity index (χ4v) is 4.26. The molecule has 0 atom stereocenters. The highest BCUT2D eigenvalue weighted by Gasteiger charge is 2.34. The van der Waals surface area contributed by atoms with Gasteiger partial charge in [-0.1, -0.05) is 11.6 Å². The normalized spacial score (nSPS) is 15.2. The first-order valence-corrected chi connectivity index (χ1v) is 9.32. The second-order valence-electron chi connectivity index (χ2n) is 6.46. The number of pyridine rings is 1. The zero-order valence-electron chi connectivity index (χ0n) is 14.4. The lowest BCUT2D eigenvalue weighted by Crippen LogP contribution is -2.24. The van der Waals surface area contributed by atoms with Crippen molar-refractivity contribution in [3.05, 3.63) is 33.9 Å². The maximum absolute atomic E-state index is 12.9. The number of aryl methyl sites for hydroxylation is 1. The van der Waals surface area contributed by atoms with Crippen LogP contribution in [0.15, 0.2) is 17.7 Å². The zero-order chi connectivity index (χ0) is 18.9. The molecule has 26 heavy (non-hydrogen) atoms. The van der Waals surface area contributed by atoms with Gasteiger partial charge in [0.2, 0.25) is 0 Å². The van der Waals surface area contributed by atoms with E-state index in [1.165, 1.54) is 18.4 Å². The van der Waals surface area contributed by atoms with Crippen molar-refractivity contribution in [3.63, 3.8) is 0 Å². The third kappa shape index (κ3) is 3.85. The van der Waals surface area contributed by atoms with Gasteiger partial charge >= 0.3 is 6.18 Å². The Bertz CT molecular complexity index is 871. The molecule has 0 aromatic carbocycles. The summed E-state index contributed by atoms with van der Waals surface area (Å²) in [6, 6.07) is 0.961. The number of nitrogen functional groups attached to an aromatic ring is 1. The first kappa shape index (κ1) is 18.7. The van der Waals surface area contributed by atoms with Crippen LogP contribution in [-0.4, -0.2) is 17.4 Å². The molecule has 2 aromatic heterocycles. The average Bonchev–Trinajstić information content (AvgIpc) is 2.92. The van der Waals surface area contributed by atoms with Crippen LogP contribution in [0.2, 0.25) is 0 Å². The molecule has 8 heteroatoms. The molecule has 2 aromatic rings. The third-order valence-corrected chi connectivity index (χ3v) is 5.61. The summed E-state index contributed by atoms with van der Waals surface area (Å²) < 4.78 is 38.8. The van der Waals surface area contributed by atoms with Crippen molar-refractivity contribution >= 4 is 33.1 Å². The number of hydrogen-bond donors (Lipinski definition) is 2. The Balaban J connectivity index is 1.78. The molecular weight excluding hydrogens is 363 g/mol. The van der Waals surface area contributed by atoms with Crippen LogP contribution < -0.4 is 11.1 Å². The number of nitrogens with zero attached hydrogens (tertiary/aromatic N) is 1. The Labute approximate surface area is 153 Å². The molecule has 0 bridgehead atoms. The molecule has 0 unspecified atom stereocenters. The first-order valence-electron chi connectivity index (χ1n) is 8.50. The molecule has 1 aliphatic carbocycles. The smallest absolute Gasteiger partial charge is 0.397 e. The Kier molecular flexibility index (Phi) is 5.22. The number of fused-ring (bicyclic) bond motifs is 1. The minimum absolute atomic E-state index is 0.134. The van der Waals surface area contributed by atoms with E-state index in [-0.39, 0.29) is 21.3 Å². The van der Waals surface area contributed by atoms with Crippen molar-refractivity contribution in [2.75, 3.05) is 12.3 Å². The van der Waals surface area contributed by atoms with Crippen LogP contribution in [0, 0.1) is 6.92 Å². The zero-order valence-corrected chi connectivity index (χ0v) is 15.2. The van der Waals surface area contributed by atoms with Crippen molar-refractivity contribution in [2.45, 2.75) is 45.2 Å². The predicted octanol–water partition coefficient (Wildman–Crippen LogP) is 4.83. The van der Waals surface area contributed by atoms with Gasteiger partial charge in [0, 0.05) is 11.9 Å². The second kappa shape index (κ2) is 7.26. The van der Waals surface area contributed by atoms with E-state index in [0.717, 1.165) is 36.7 Å². The van der Waals surface area contributed by atoms with Gasteiger partial charge in [0.25, 0.3) is 5.91 Å². The molecule has 0 aliphatic heterocycles. The maximum atomic E-state index is 12.9. The van der Waals surface area contributed by atoms with E-state index in [1.807, 2.05) is 0 Å². The number of nitrogens with two attached hydrogens (primary N) is 1. The number of thiophene rings is 1. The number of amides is 1. The Hall–Kier alpha value is -2.09. The van der Waals surface area contributed by atoms with Gasteiger partial charge in [0.05, 0.1) is 5.69 Å². The maximum Gasteiger partial charge on any atom is 0.433 e. The molecule has 140 valence electrons. The number of carbonyl (C=O) groups excluding carboxylic acids is 1. The molecule has 0 spiro atoms. The molecule has 0 saturated carbocycles. The number of alkyl halides is 3. The van der Waals surface area contributed by atoms with Crippen LogP contribution in [0.1, 0.15) is 53.0 Å². The lowest BCUT2D eigenvalue weighted by Gasteiger charge is -2.12. The summed E-state index contributed by atoms with van der Waals surface area (Å²) in [5.74, 6) is -0.366. The number of allylic oxidation sites excluding steroid dienone is 1. The van der Waals surface area contributed by atoms with Crippen LogP contribution in [0.25, 0.3) is 10.2 Å². The highest BCUT2D eigenvalue weighted by atomic mass is 32.1. The summed E-state index contributed by atoms with van der Waals surface area (Å²) in [7, 11) is 0. The average molecular weight is 383 g/mol. The Morgan fingerprint density at radius 1 is 1.38 bits per heavy atom. The van der Waals surface area contributed by atoms with Gasteiger partial charge in [-0.25, -0.2) is 4.98 Å². The molecule has 1 aliphatic rings. The molecule has 0 saturated heterocycles. The van der Waals surface area contributed by atoms with Crippen LogP contribution >= 0.6 is 11.3 Å². The van der Waals surface area contributed by atoms with Crippen LogP contribution in [0.4, 0.5) is 18.9 Å². The van der Waals surface area contributed by atoms with Gasteiger partial charge in [-0.05, 0) is 50.7 Å². The number of carbonyl (C=O) groups is 1. The number of halogens is 3. The second-order valence-corrected chi connectivity index (χ2v) is 7.46. The lowest BCUT2D eigenvalue weighted by molar-refractivity contribution is -0.141. The SMILES string of the molecule is Cc1cc(C(F)(F)F)nc2sc(C(=O)NCCC3=CCCCC3)c(N)c12. The van der Waals surface area contributed by atoms with Crippen molar-refractivity contribution in [1.82, 2.24) is 10.3 Å². The van der Waals surface area contributed by atoms with Crippen molar-refractivity contribution in [3.8, 4) is 0 Å². The van der Waals surface area contributed by atoms with E-state index in [1.54, 1.807) is 6.92 Å². The highest BCUT2D eigenvalue weighted by molar-refractivity contribution is 7.21. The van der Waals surface area contributed by atoms with Crippen LogP contribution in [0.3, 0.4) is 0 Å². The number of aromatic nitrogens is 1. The number of rotatable bonds is 4. The lowest BCUT2D eigenvalue weighted by atomic mass is 9.97. The molecule has 4 nitrogen and oxygen atoms in total.